The van der Waals surface area contributed by atoms with Crippen molar-refractivity contribution in [3.63, 3.8) is 0 Å². The van der Waals surface area contributed by atoms with Crippen LogP contribution in [0.25, 0.3) is 11.1 Å². The number of carbonyl (C=O) groups is 2. The summed E-state index contributed by atoms with van der Waals surface area (Å²) in [5, 5.41) is 10.0. The fraction of sp³-hybridized carbons (Fsp3) is 0.167. The number of nitrogens with zero attached hydrogens (tertiary/aromatic N) is 1. The van der Waals surface area contributed by atoms with Gasteiger partial charge in [0.2, 0.25) is 0 Å². The van der Waals surface area contributed by atoms with Crippen LogP contribution in [0.5, 0.6) is 0 Å². The van der Waals surface area contributed by atoms with Crippen molar-refractivity contribution in [1.29, 1.82) is 0 Å². The first kappa shape index (κ1) is 19.6. The maximum atomic E-state index is 14.3. The first-order valence-corrected chi connectivity index (χ1v) is 9.53. The zero-order valence-electron chi connectivity index (χ0n) is 16.3. The number of hydrogen-bond acceptors (Lipinski definition) is 3. The molecule has 1 aliphatic carbocycles. The quantitative estimate of drug-likeness (QED) is 0.671. The number of halogens is 1. The number of carboxylic acid groups (broad SMARTS) is 1. The van der Waals surface area contributed by atoms with Gasteiger partial charge in [0.25, 0.3) is 0 Å². The van der Waals surface area contributed by atoms with Crippen LogP contribution in [0.2, 0.25) is 0 Å². The van der Waals surface area contributed by atoms with Crippen LogP contribution < -0.4 is 0 Å². The van der Waals surface area contributed by atoms with Crippen molar-refractivity contribution in [2.24, 2.45) is 0 Å². The highest BCUT2D eigenvalue weighted by molar-refractivity contribution is 5.85. The zero-order chi connectivity index (χ0) is 21.3. The van der Waals surface area contributed by atoms with Gasteiger partial charge in [-0.25, -0.2) is 14.0 Å². The molecule has 0 saturated heterocycles. The summed E-state index contributed by atoms with van der Waals surface area (Å²) in [6, 6.07) is 19.1. The maximum Gasteiger partial charge on any atom is 0.411 e. The second-order valence-corrected chi connectivity index (χ2v) is 7.10. The highest BCUT2D eigenvalue weighted by Crippen LogP contribution is 2.47. The fourth-order valence-corrected chi connectivity index (χ4v) is 4.12. The Morgan fingerprint density at radius 3 is 2.03 bits per heavy atom. The molecule has 0 aliphatic heterocycles. The van der Waals surface area contributed by atoms with E-state index >= 15 is 0 Å². The lowest BCUT2D eigenvalue weighted by molar-refractivity contribution is -0.143. The first-order valence-electron chi connectivity index (χ1n) is 9.53. The number of fused-ring (bicyclic) bond motifs is 3. The summed E-state index contributed by atoms with van der Waals surface area (Å²) >= 11 is 0. The van der Waals surface area contributed by atoms with Crippen LogP contribution in [-0.2, 0) is 16.0 Å². The highest BCUT2D eigenvalue weighted by atomic mass is 19.1. The zero-order valence-corrected chi connectivity index (χ0v) is 16.3. The Morgan fingerprint density at radius 1 is 0.967 bits per heavy atom. The molecule has 1 N–H and O–H groups in total. The SMILES string of the molecule is COC(=O)N(C1c2ccccc2-c2ccccc21)[C@@H](Cc1ccccc1F)C(=O)O. The Morgan fingerprint density at radius 2 is 1.50 bits per heavy atom. The average Bonchev–Trinajstić information content (AvgIpc) is 3.09. The Hall–Kier alpha value is -3.67. The Bertz CT molecular complexity index is 1070. The molecule has 0 heterocycles. The van der Waals surface area contributed by atoms with Crippen LogP contribution in [0.15, 0.2) is 72.8 Å². The van der Waals surface area contributed by atoms with Crippen molar-refractivity contribution in [2.75, 3.05) is 7.11 Å². The van der Waals surface area contributed by atoms with Gasteiger partial charge in [0.05, 0.1) is 13.2 Å². The minimum atomic E-state index is -1.32. The lowest BCUT2D eigenvalue weighted by Gasteiger charge is -2.34. The number of amides is 1. The molecule has 3 aromatic carbocycles. The topological polar surface area (TPSA) is 66.8 Å². The number of carboxylic acids is 1. The van der Waals surface area contributed by atoms with Gasteiger partial charge in [0.1, 0.15) is 11.9 Å². The highest BCUT2D eigenvalue weighted by Gasteiger charge is 2.42. The van der Waals surface area contributed by atoms with E-state index in [2.05, 4.69) is 0 Å². The van der Waals surface area contributed by atoms with E-state index < -0.39 is 30.0 Å². The van der Waals surface area contributed by atoms with Crippen molar-refractivity contribution in [3.05, 3.63) is 95.3 Å². The Kier molecular flexibility index (Phi) is 5.23. The second kappa shape index (κ2) is 7.99. The van der Waals surface area contributed by atoms with E-state index in [1.54, 1.807) is 6.07 Å². The molecule has 0 radical (unpaired) electrons. The summed E-state index contributed by atoms with van der Waals surface area (Å²) in [6.07, 6.45) is -0.965. The summed E-state index contributed by atoms with van der Waals surface area (Å²) in [6.45, 7) is 0. The lowest BCUT2D eigenvalue weighted by Crippen LogP contribution is -2.48. The van der Waals surface area contributed by atoms with E-state index in [1.807, 2.05) is 48.5 Å². The molecule has 30 heavy (non-hydrogen) atoms. The summed E-state index contributed by atoms with van der Waals surface area (Å²) in [5.74, 6) is -1.74. The minimum Gasteiger partial charge on any atom is -0.480 e. The van der Waals surface area contributed by atoms with Crippen molar-refractivity contribution in [1.82, 2.24) is 4.90 Å². The third kappa shape index (κ3) is 3.30. The number of rotatable bonds is 5. The molecule has 1 amide bonds. The Labute approximate surface area is 173 Å². The number of aliphatic carboxylic acids is 1. The monoisotopic (exact) mass is 405 g/mol. The van der Waals surface area contributed by atoms with Crippen LogP contribution >= 0.6 is 0 Å². The number of methoxy groups -OCH3 is 1. The predicted octanol–water partition coefficient (Wildman–Crippen LogP) is 4.66. The van der Waals surface area contributed by atoms with Gasteiger partial charge in [-0.05, 0) is 33.9 Å². The van der Waals surface area contributed by atoms with Crippen LogP contribution in [0.4, 0.5) is 9.18 Å². The normalized spacial score (nSPS) is 13.3. The summed E-state index contributed by atoms with van der Waals surface area (Å²) < 4.78 is 19.3. The number of benzene rings is 3. The summed E-state index contributed by atoms with van der Waals surface area (Å²) in [5.41, 5.74) is 3.70. The van der Waals surface area contributed by atoms with E-state index in [1.165, 1.54) is 30.2 Å². The van der Waals surface area contributed by atoms with Gasteiger partial charge in [-0.15, -0.1) is 0 Å². The van der Waals surface area contributed by atoms with Gasteiger partial charge < -0.3 is 9.84 Å². The van der Waals surface area contributed by atoms with Gasteiger partial charge >= 0.3 is 12.1 Å². The molecule has 3 aromatic rings. The van der Waals surface area contributed by atoms with Gasteiger partial charge in [-0.1, -0.05) is 66.7 Å². The molecule has 0 spiro atoms. The molecule has 5 nitrogen and oxygen atoms in total. The van der Waals surface area contributed by atoms with E-state index in [0.29, 0.717) is 0 Å². The van der Waals surface area contributed by atoms with E-state index in [9.17, 15) is 19.1 Å². The number of hydrogen-bond donors (Lipinski definition) is 1. The minimum absolute atomic E-state index is 0.183. The van der Waals surface area contributed by atoms with E-state index in [0.717, 1.165) is 22.3 Å². The van der Waals surface area contributed by atoms with Crippen molar-refractivity contribution < 1.29 is 23.8 Å². The second-order valence-electron chi connectivity index (χ2n) is 7.10. The van der Waals surface area contributed by atoms with Crippen LogP contribution in [-0.4, -0.2) is 35.2 Å². The predicted molar refractivity (Wildman–Crippen MR) is 109 cm³/mol. The van der Waals surface area contributed by atoms with Crippen LogP contribution in [0.3, 0.4) is 0 Å². The van der Waals surface area contributed by atoms with Crippen LogP contribution in [0.1, 0.15) is 22.7 Å². The van der Waals surface area contributed by atoms with Gasteiger partial charge in [0, 0.05) is 6.42 Å². The van der Waals surface area contributed by atoms with Gasteiger partial charge in [-0.2, -0.15) is 0 Å². The molecule has 152 valence electrons. The number of ether oxygens (including phenoxy) is 1. The first-order chi connectivity index (χ1) is 14.5. The lowest BCUT2D eigenvalue weighted by atomic mass is 9.98. The third-order valence-electron chi connectivity index (χ3n) is 5.46. The molecule has 4 rings (SSSR count). The van der Waals surface area contributed by atoms with Gasteiger partial charge in [-0.3, -0.25) is 4.90 Å². The van der Waals surface area contributed by atoms with Crippen molar-refractivity contribution in [3.8, 4) is 11.1 Å². The third-order valence-corrected chi connectivity index (χ3v) is 5.46. The number of carbonyl (C=O) groups excluding carboxylic acids is 1. The smallest absolute Gasteiger partial charge is 0.411 e. The van der Waals surface area contributed by atoms with Crippen LogP contribution in [0, 0.1) is 5.82 Å². The summed E-state index contributed by atoms with van der Waals surface area (Å²) in [7, 11) is 1.21. The molecule has 1 atom stereocenters. The molecule has 6 heteroatoms. The van der Waals surface area contributed by atoms with Gasteiger partial charge in [0.15, 0.2) is 0 Å². The molecular weight excluding hydrogens is 385 g/mol. The maximum absolute atomic E-state index is 14.3. The largest absolute Gasteiger partial charge is 0.480 e. The standard InChI is InChI=1S/C24H20FNO4/c1-30-24(29)26(21(23(27)28)14-15-8-2-7-13-20(15)25)22-18-11-5-3-9-16(18)17-10-4-6-12-19(17)22/h2-13,21-22H,14H2,1H3,(H,27,28)/t21-/m0/s1. The van der Waals surface area contributed by atoms with E-state index in [4.69, 9.17) is 4.74 Å². The molecule has 0 fully saturated rings. The molecule has 1 aliphatic rings. The summed E-state index contributed by atoms with van der Waals surface area (Å²) in [4.78, 5) is 26.4. The van der Waals surface area contributed by atoms with Crippen molar-refractivity contribution >= 4 is 12.1 Å². The Balaban J connectivity index is 1.86. The molecular formula is C24H20FNO4. The fourth-order valence-electron chi connectivity index (χ4n) is 4.12. The molecule has 0 bridgehead atoms. The average molecular weight is 405 g/mol. The van der Waals surface area contributed by atoms with E-state index in [-0.39, 0.29) is 12.0 Å². The molecule has 0 aromatic heterocycles. The molecule has 0 unspecified atom stereocenters. The molecule has 0 saturated carbocycles. The van der Waals surface area contributed by atoms with Crippen molar-refractivity contribution in [2.45, 2.75) is 18.5 Å².